The van der Waals surface area contributed by atoms with Gasteiger partial charge in [-0.25, -0.2) is 4.98 Å². The molecular weight excluding hydrogens is 252 g/mol. The summed E-state index contributed by atoms with van der Waals surface area (Å²) in [5.74, 6) is 1.33. The van der Waals surface area contributed by atoms with E-state index in [1.54, 1.807) is 7.11 Å². The summed E-state index contributed by atoms with van der Waals surface area (Å²) in [5.41, 5.74) is 1.24. The predicted octanol–water partition coefficient (Wildman–Crippen LogP) is 2.38. The number of hydrogen-bond donors (Lipinski definition) is 1. The highest BCUT2D eigenvalue weighted by Crippen LogP contribution is 2.51. The fraction of sp³-hybridized carbons (Fsp3) is 0.688. The molecule has 1 aromatic rings. The van der Waals surface area contributed by atoms with Gasteiger partial charge in [0.2, 0.25) is 5.88 Å². The quantitative estimate of drug-likeness (QED) is 0.917. The van der Waals surface area contributed by atoms with Crippen LogP contribution in [0.5, 0.6) is 5.88 Å². The van der Waals surface area contributed by atoms with Gasteiger partial charge in [-0.2, -0.15) is 0 Å². The molecule has 2 heterocycles. The van der Waals surface area contributed by atoms with Crippen LogP contribution in [-0.4, -0.2) is 30.8 Å². The van der Waals surface area contributed by atoms with Gasteiger partial charge in [-0.15, -0.1) is 0 Å². The number of nitrogens with zero attached hydrogens (tertiary/aromatic N) is 1. The number of ether oxygens (including phenoxy) is 2. The van der Waals surface area contributed by atoms with Crippen molar-refractivity contribution in [2.75, 3.05) is 13.7 Å². The van der Waals surface area contributed by atoms with Crippen molar-refractivity contribution in [3.8, 4) is 5.88 Å². The van der Waals surface area contributed by atoms with E-state index in [0.29, 0.717) is 23.9 Å². The van der Waals surface area contributed by atoms with E-state index in [-0.39, 0.29) is 5.41 Å². The first kappa shape index (κ1) is 13.8. The smallest absolute Gasteiger partial charge is 0.213 e. The second-order valence-electron chi connectivity index (χ2n) is 6.45. The molecule has 1 aromatic heterocycles. The molecule has 1 aliphatic carbocycles. The lowest BCUT2D eigenvalue weighted by molar-refractivity contribution is -0.193. The van der Waals surface area contributed by atoms with Crippen molar-refractivity contribution in [2.24, 2.45) is 11.3 Å². The molecule has 0 unspecified atom stereocenters. The number of rotatable bonds is 4. The minimum Gasteiger partial charge on any atom is -0.481 e. The van der Waals surface area contributed by atoms with Gasteiger partial charge in [0, 0.05) is 36.6 Å². The molecule has 20 heavy (non-hydrogen) atoms. The fourth-order valence-corrected chi connectivity index (χ4v) is 3.82. The number of methoxy groups -OCH3 is 1. The molecule has 110 valence electrons. The summed E-state index contributed by atoms with van der Waals surface area (Å²) in [6.07, 6.45) is 2.89. The first-order valence-electron chi connectivity index (χ1n) is 7.48. The molecule has 0 spiro atoms. The van der Waals surface area contributed by atoms with E-state index in [1.165, 1.54) is 12.8 Å². The number of pyridine rings is 1. The Morgan fingerprint density at radius 1 is 1.45 bits per heavy atom. The monoisotopic (exact) mass is 276 g/mol. The van der Waals surface area contributed by atoms with E-state index in [4.69, 9.17) is 9.47 Å². The Morgan fingerprint density at radius 3 is 3.10 bits per heavy atom. The molecule has 1 saturated heterocycles. The predicted molar refractivity (Wildman–Crippen MR) is 77.7 cm³/mol. The molecule has 2 fully saturated rings. The van der Waals surface area contributed by atoms with Crippen molar-refractivity contribution in [3.05, 3.63) is 23.9 Å². The van der Waals surface area contributed by atoms with Crippen LogP contribution in [-0.2, 0) is 11.3 Å². The Balaban J connectivity index is 1.63. The van der Waals surface area contributed by atoms with Gasteiger partial charge in [-0.1, -0.05) is 19.9 Å². The molecule has 0 radical (unpaired) electrons. The van der Waals surface area contributed by atoms with Crippen LogP contribution in [0.25, 0.3) is 0 Å². The first-order valence-corrected chi connectivity index (χ1v) is 7.48. The van der Waals surface area contributed by atoms with Gasteiger partial charge in [0.25, 0.3) is 0 Å². The van der Waals surface area contributed by atoms with Crippen molar-refractivity contribution in [3.63, 3.8) is 0 Å². The highest BCUT2D eigenvalue weighted by atomic mass is 16.5. The lowest BCUT2D eigenvalue weighted by Crippen LogP contribution is -2.69. The topological polar surface area (TPSA) is 43.4 Å². The normalized spacial score (nSPS) is 31.2. The van der Waals surface area contributed by atoms with E-state index in [1.807, 2.05) is 18.2 Å². The third-order valence-electron chi connectivity index (χ3n) is 4.82. The second-order valence-corrected chi connectivity index (χ2v) is 6.45. The number of hydrogen-bond acceptors (Lipinski definition) is 4. The minimum atomic E-state index is 0.212. The van der Waals surface area contributed by atoms with E-state index < -0.39 is 0 Å². The summed E-state index contributed by atoms with van der Waals surface area (Å²) in [7, 11) is 1.65. The average molecular weight is 276 g/mol. The van der Waals surface area contributed by atoms with E-state index in [0.717, 1.165) is 18.8 Å². The summed E-state index contributed by atoms with van der Waals surface area (Å²) in [6, 6.07) is 6.42. The van der Waals surface area contributed by atoms with Gasteiger partial charge in [-0.05, 0) is 18.9 Å². The Morgan fingerprint density at radius 2 is 2.30 bits per heavy atom. The van der Waals surface area contributed by atoms with Crippen LogP contribution >= 0.6 is 0 Å². The first-order chi connectivity index (χ1) is 9.63. The maximum atomic E-state index is 5.94. The molecule has 0 aromatic carbocycles. The van der Waals surface area contributed by atoms with Crippen molar-refractivity contribution in [1.82, 2.24) is 10.3 Å². The molecule has 1 saturated carbocycles. The van der Waals surface area contributed by atoms with Crippen LogP contribution in [0.4, 0.5) is 0 Å². The molecule has 4 heteroatoms. The largest absolute Gasteiger partial charge is 0.481 e. The number of nitrogens with one attached hydrogen (secondary N) is 1. The van der Waals surface area contributed by atoms with Crippen molar-refractivity contribution >= 4 is 0 Å². The molecule has 2 aliphatic rings. The van der Waals surface area contributed by atoms with Gasteiger partial charge in [0.05, 0.1) is 18.9 Å². The Labute approximate surface area is 120 Å². The molecule has 0 bridgehead atoms. The Bertz CT molecular complexity index is 475. The average Bonchev–Trinajstić information content (AvgIpc) is 2.47. The fourth-order valence-electron chi connectivity index (χ4n) is 3.82. The lowest BCUT2D eigenvalue weighted by Gasteiger charge is -2.60. The number of fused-ring (bicyclic) bond motifs is 1. The molecule has 3 atom stereocenters. The highest BCUT2D eigenvalue weighted by Gasteiger charge is 2.57. The van der Waals surface area contributed by atoms with Crippen LogP contribution in [0.3, 0.4) is 0 Å². The summed E-state index contributed by atoms with van der Waals surface area (Å²) < 4.78 is 11.1. The highest BCUT2D eigenvalue weighted by molar-refractivity contribution is 5.16. The Hall–Kier alpha value is -1.13. The SMILES string of the molecule is COc1cccc(CN[C@@H]2[C@@H]3CCCO[C@@H]3C2(C)C)n1. The third kappa shape index (κ3) is 2.31. The zero-order valence-corrected chi connectivity index (χ0v) is 12.6. The van der Waals surface area contributed by atoms with Gasteiger partial charge in [0.1, 0.15) is 0 Å². The van der Waals surface area contributed by atoms with Gasteiger partial charge in [-0.3, -0.25) is 0 Å². The summed E-state index contributed by atoms with van der Waals surface area (Å²) >= 11 is 0. The van der Waals surface area contributed by atoms with Gasteiger partial charge >= 0.3 is 0 Å². The zero-order chi connectivity index (χ0) is 14.2. The standard InChI is InChI=1S/C16H24N2O2/c1-16(2)14(12-7-5-9-20-15(12)16)17-10-11-6-4-8-13(18-11)19-3/h4,6,8,12,14-15,17H,5,7,9-10H2,1-3H3/t12-,14+,15-/m0/s1. The lowest BCUT2D eigenvalue weighted by atomic mass is 9.55. The molecule has 4 nitrogen and oxygen atoms in total. The summed E-state index contributed by atoms with van der Waals surface area (Å²) in [5, 5.41) is 3.68. The van der Waals surface area contributed by atoms with E-state index in [9.17, 15) is 0 Å². The van der Waals surface area contributed by atoms with E-state index in [2.05, 4.69) is 24.1 Å². The maximum Gasteiger partial charge on any atom is 0.213 e. The second kappa shape index (κ2) is 5.34. The minimum absolute atomic E-state index is 0.212. The molecule has 1 N–H and O–H groups in total. The van der Waals surface area contributed by atoms with Gasteiger partial charge < -0.3 is 14.8 Å². The van der Waals surface area contributed by atoms with Crippen LogP contribution < -0.4 is 10.1 Å². The number of aromatic nitrogens is 1. The van der Waals surface area contributed by atoms with Crippen molar-refractivity contribution in [2.45, 2.75) is 45.4 Å². The van der Waals surface area contributed by atoms with Crippen LogP contribution in [0, 0.1) is 11.3 Å². The summed E-state index contributed by atoms with van der Waals surface area (Å²) in [6.45, 7) is 6.32. The van der Waals surface area contributed by atoms with Crippen molar-refractivity contribution in [1.29, 1.82) is 0 Å². The summed E-state index contributed by atoms with van der Waals surface area (Å²) in [4.78, 5) is 4.46. The Kier molecular flexibility index (Phi) is 3.69. The van der Waals surface area contributed by atoms with E-state index >= 15 is 0 Å². The van der Waals surface area contributed by atoms with Crippen molar-refractivity contribution < 1.29 is 9.47 Å². The third-order valence-corrected chi connectivity index (χ3v) is 4.82. The maximum absolute atomic E-state index is 5.94. The molecule has 0 amide bonds. The van der Waals surface area contributed by atoms with Crippen LogP contribution in [0.1, 0.15) is 32.4 Å². The van der Waals surface area contributed by atoms with Crippen LogP contribution in [0.15, 0.2) is 18.2 Å². The zero-order valence-electron chi connectivity index (χ0n) is 12.6. The molecule has 1 aliphatic heterocycles. The van der Waals surface area contributed by atoms with Crippen LogP contribution in [0.2, 0.25) is 0 Å². The molecule has 3 rings (SSSR count). The van der Waals surface area contributed by atoms with Gasteiger partial charge in [0.15, 0.2) is 0 Å². The molecular formula is C16H24N2O2.